The molecule has 88 valence electrons. The molecule has 1 aromatic rings. The summed E-state index contributed by atoms with van der Waals surface area (Å²) in [6.07, 6.45) is 0.0656. The highest BCUT2D eigenvalue weighted by molar-refractivity contribution is 6.30. The first-order valence-corrected chi connectivity index (χ1v) is 5.21. The van der Waals surface area contributed by atoms with Gasteiger partial charge in [-0.2, -0.15) is 0 Å². The van der Waals surface area contributed by atoms with E-state index in [-0.39, 0.29) is 6.42 Å². The topological polar surface area (TPSA) is 78.3 Å². The molecule has 0 saturated carbocycles. The number of amides is 1. The molecule has 0 bridgehead atoms. The summed E-state index contributed by atoms with van der Waals surface area (Å²) in [6.45, 7) is 1.87. The van der Waals surface area contributed by atoms with Crippen LogP contribution in [0.4, 0.5) is 0 Å². The second kappa shape index (κ2) is 5.18. The van der Waals surface area contributed by atoms with Crippen LogP contribution in [0.3, 0.4) is 0 Å². The molecule has 0 fully saturated rings. The number of nitrogens with two attached hydrogens (primary N) is 2. The standard InChI is InChI=1S/C11H15ClN2O2/c1-6-3-7(12)4-8(11(6)16-2)9(13)5-10(14)15/h3-4,9H,5,13H2,1-2H3,(H2,14,15). The minimum Gasteiger partial charge on any atom is -0.496 e. The number of carbonyl (C=O) groups is 1. The highest BCUT2D eigenvalue weighted by atomic mass is 35.5. The molecule has 0 spiro atoms. The Bertz CT molecular complexity index is 407. The lowest BCUT2D eigenvalue weighted by Gasteiger charge is -2.16. The van der Waals surface area contributed by atoms with Gasteiger partial charge in [0.25, 0.3) is 0 Å². The van der Waals surface area contributed by atoms with Gasteiger partial charge in [0, 0.05) is 23.0 Å². The molecule has 1 aromatic carbocycles. The van der Waals surface area contributed by atoms with Crippen molar-refractivity contribution in [3.05, 3.63) is 28.3 Å². The van der Waals surface area contributed by atoms with E-state index < -0.39 is 11.9 Å². The Balaban J connectivity index is 3.15. The Morgan fingerprint density at radius 2 is 2.19 bits per heavy atom. The van der Waals surface area contributed by atoms with Crippen molar-refractivity contribution in [1.29, 1.82) is 0 Å². The van der Waals surface area contributed by atoms with Gasteiger partial charge in [-0.3, -0.25) is 4.79 Å². The normalized spacial score (nSPS) is 12.2. The Hall–Kier alpha value is -1.26. The number of primary amides is 1. The number of ether oxygens (including phenoxy) is 1. The third-order valence-electron chi connectivity index (χ3n) is 2.29. The predicted molar refractivity (Wildman–Crippen MR) is 63.5 cm³/mol. The maximum absolute atomic E-state index is 10.8. The number of methoxy groups -OCH3 is 1. The van der Waals surface area contributed by atoms with E-state index in [9.17, 15) is 4.79 Å². The zero-order chi connectivity index (χ0) is 12.3. The lowest BCUT2D eigenvalue weighted by molar-refractivity contribution is -0.118. The summed E-state index contributed by atoms with van der Waals surface area (Å²) < 4.78 is 5.24. The number of carbonyl (C=O) groups excluding carboxylic acids is 1. The zero-order valence-electron chi connectivity index (χ0n) is 9.29. The monoisotopic (exact) mass is 242 g/mol. The van der Waals surface area contributed by atoms with E-state index in [1.165, 1.54) is 0 Å². The summed E-state index contributed by atoms with van der Waals surface area (Å²) in [5.74, 6) is 0.199. The highest BCUT2D eigenvalue weighted by Crippen LogP contribution is 2.32. The van der Waals surface area contributed by atoms with Gasteiger partial charge in [0.1, 0.15) is 5.75 Å². The summed E-state index contributed by atoms with van der Waals surface area (Å²) in [4.78, 5) is 10.8. The second-order valence-electron chi connectivity index (χ2n) is 3.62. The molecule has 1 atom stereocenters. The third-order valence-corrected chi connectivity index (χ3v) is 2.51. The fourth-order valence-electron chi connectivity index (χ4n) is 1.64. The second-order valence-corrected chi connectivity index (χ2v) is 4.06. The average molecular weight is 243 g/mol. The van der Waals surface area contributed by atoms with Gasteiger partial charge in [-0.05, 0) is 24.6 Å². The molecule has 4 N–H and O–H groups in total. The maximum atomic E-state index is 10.8. The Morgan fingerprint density at radius 1 is 1.56 bits per heavy atom. The summed E-state index contributed by atoms with van der Waals surface area (Å²) in [6, 6.07) is 2.98. The summed E-state index contributed by atoms with van der Waals surface area (Å²) >= 11 is 5.93. The van der Waals surface area contributed by atoms with Crippen molar-refractivity contribution in [2.75, 3.05) is 7.11 Å². The molecule has 16 heavy (non-hydrogen) atoms. The van der Waals surface area contributed by atoms with Gasteiger partial charge in [-0.25, -0.2) is 0 Å². The van der Waals surface area contributed by atoms with E-state index >= 15 is 0 Å². The maximum Gasteiger partial charge on any atom is 0.219 e. The van der Waals surface area contributed by atoms with Crippen LogP contribution in [0.1, 0.15) is 23.6 Å². The molecule has 0 saturated heterocycles. The Kier molecular flexibility index (Phi) is 4.15. The quantitative estimate of drug-likeness (QED) is 0.841. The van der Waals surface area contributed by atoms with Gasteiger partial charge in [0.2, 0.25) is 5.91 Å². The Labute approximate surface area is 99.5 Å². The molecule has 1 rings (SSSR count). The molecule has 0 radical (unpaired) electrons. The van der Waals surface area contributed by atoms with Gasteiger partial charge >= 0.3 is 0 Å². The smallest absolute Gasteiger partial charge is 0.219 e. The average Bonchev–Trinajstić information content (AvgIpc) is 2.15. The van der Waals surface area contributed by atoms with Crippen LogP contribution in [0.5, 0.6) is 5.75 Å². The largest absolute Gasteiger partial charge is 0.496 e. The van der Waals surface area contributed by atoms with E-state index in [1.54, 1.807) is 19.2 Å². The predicted octanol–water partition coefficient (Wildman–Crippen LogP) is 1.53. The molecular formula is C11H15ClN2O2. The molecule has 1 unspecified atom stereocenters. The fourth-order valence-corrected chi connectivity index (χ4v) is 1.92. The third kappa shape index (κ3) is 2.87. The van der Waals surface area contributed by atoms with E-state index in [4.69, 9.17) is 27.8 Å². The van der Waals surface area contributed by atoms with Crippen LogP contribution in [0.15, 0.2) is 12.1 Å². The van der Waals surface area contributed by atoms with Crippen LogP contribution >= 0.6 is 11.6 Å². The molecule has 5 heteroatoms. The number of rotatable bonds is 4. The first kappa shape index (κ1) is 12.8. The SMILES string of the molecule is COc1c(C)cc(Cl)cc1C(N)CC(N)=O. The van der Waals surface area contributed by atoms with E-state index in [1.807, 2.05) is 6.92 Å². The number of halogens is 1. The van der Waals surface area contributed by atoms with Crippen LogP contribution in [0, 0.1) is 6.92 Å². The molecule has 0 aliphatic carbocycles. The van der Waals surface area contributed by atoms with Crippen molar-refractivity contribution in [1.82, 2.24) is 0 Å². The van der Waals surface area contributed by atoms with E-state index in [0.717, 1.165) is 5.56 Å². The molecule has 0 heterocycles. The number of benzene rings is 1. The van der Waals surface area contributed by atoms with Gasteiger partial charge in [0.05, 0.1) is 7.11 Å². The van der Waals surface area contributed by atoms with Gasteiger partial charge in [-0.15, -0.1) is 0 Å². The lowest BCUT2D eigenvalue weighted by atomic mass is 10.0. The number of hydrogen-bond acceptors (Lipinski definition) is 3. The fraction of sp³-hybridized carbons (Fsp3) is 0.364. The number of aryl methyl sites for hydroxylation is 1. The van der Waals surface area contributed by atoms with Crippen molar-refractivity contribution in [3.8, 4) is 5.75 Å². The molecular weight excluding hydrogens is 228 g/mol. The molecule has 4 nitrogen and oxygen atoms in total. The molecule has 0 aliphatic rings. The van der Waals surface area contributed by atoms with Crippen molar-refractivity contribution in [2.24, 2.45) is 11.5 Å². The van der Waals surface area contributed by atoms with Crippen molar-refractivity contribution in [2.45, 2.75) is 19.4 Å². The minimum absolute atomic E-state index is 0.0656. The van der Waals surface area contributed by atoms with Crippen molar-refractivity contribution < 1.29 is 9.53 Å². The van der Waals surface area contributed by atoms with Gasteiger partial charge < -0.3 is 16.2 Å². The van der Waals surface area contributed by atoms with Crippen LogP contribution in [-0.4, -0.2) is 13.0 Å². The molecule has 1 amide bonds. The molecule has 0 aliphatic heterocycles. The molecule has 0 aromatic heterocycles. The summed E-state index contributed by atoms with van der Waals surface area (Å²) in [5, 5.41) is 0.563. The first-order chi connectivity index (χ1) is 7.45. The van der Waals surface area contributed by atoms with E-state index in [2.05, 4.69) is 0 Å². The Morgan fingerprint density at radius 3 is 2.69 bits per heavy atom. The van der Waals surface area contributed by atoms with Crippen LogP contribution in [0.2, 0.25) is 5.02 Å². The van der Waals surface area contributed by atoms with Gasteiger partial charge in [0.15, 0.2) is 0 Å². The summed E-state index contributed by atoms with van der Waals surface area (Å²) in [7, 11) is 1.55. The summed E-state index contributed by atoms with van der Waals surface area (Å²) in [5.41, 5.74) is 12.6. The first-order valence-electron chi connectivity index (χ1n) is 4.83. The highest BCUT2D eigenvalue weighted by Gasteiger charge is 2.16. The minimum atomic E-state index is -0.496. The zero-order valence-corrected chi connectivity index (χ0v) is 10.0. The lowest BCUT2D eigenvalue weighted by Crippen LogP contribution is -2.21. The van der Waals surface area contributed by atoms with E-state index in [0.29, 0.717) is 16.3 Å². The van der Waals surface area contributed by atoms with Crippen LogP contribution in [-0.2, 0) is 4.79 Å². The van der Waals surface area contributed by atoms with Gasteiger partial charge in [-0.1, -0.05) is 11.6 Å². The van der Waals surface area contributed by atoms with Crippen LogP contribution < -0.4 is 16.2 Å². The number of hydrogen-bond donors (Lipinski definition) is 2. The van der Waals surface area contributed by atoms with Crippen molar-refractivity contribution in [3.63, 3.8) is 0 Å². The van der Waals surface area contributed by atoms with Crippen LogP contribution in [0.25, 0.3) is 0 Å². The van der Waals surface area contributed by atoms with Crippen molar-refractivity contribution >= 4 is 17.5 Å².